The van der Waals surface area contributed by atoms with Crippen LogP contribution in [0.2, 0.25) is 0 Å². The first-order valence-corrected chi connectivity index (χ1v) is 12.9. The number of ether oxygens (including phenoxy) is 1. The number of nitrogens with zero attached hydrogens (tertiary/aromatic N) is 3. The number of carbonyl (C=O) groups excluding carboxylic acids is 1. The highest BCUT2D eigenvalue weighted by Crippen LogP contribution is 2.34. The SMILES string of the molecule is CC.CN(C)c1ccc(C(c2ccc(N(C)C)cc2)c2ccc(N(C)CCOC(=O)CCl)cc2)cc1. The zero-order valence-corrected chi connectivity index (χ0v) is 23.4. The van der Waals surface area contributed by atoms with Gasteiger partial charge in [-0.2, -0.15) is 0 Å². The van der Waals surface area contributed by atoms with E-state index in [1.165, 1.54) is 28.1 Å². The van der Waals surface area contributed by atoms with Gasteiger partial charge in [-0.05, 0) is 53.1 Å². The van der Waals surface area contributed by atoms with Gasteiger partial charge in [0.25, 0.3) is 0 Å². The molecule has 5 nitrogen and oxygen atoms in total. The highest BCUT2D eigenvalue weighted by molar-refractivity contribution is 6.26. The predicted molar refractivity (Wildman–Crippen MR) is 155 cm³/mol. The second kappa shape index (κ2) is 14.4. The van der Waals surface area contributed by atoms with Crippen LogP contribution < -0.4 is 14.7 Å². The number of rotatable bonds is 10. The lowest BCUT2D eigenvalue weighted by atomic mass is 9.85. The Morgan fingerprint density at radius 2 is 1.06 bits per heavy atom. The molecule has 3 aromatic carbocycles. The number of hydrogen-bond acceptors (Lipinski definition) is 5. The van der Waals surface area contributed by atoms with Gasteiger partial charge >= 0.3 is 5.97 Å². The molecule has 0 saturated heterocycles. The minimum Gasteiger partial charge on any atom is -0.463 e. The van der Waals surface area contributed by atoms with Crippen molar-refractivity contribution in [2.75, 3.05) is 69.0 Å². The maximum absolute atomic E-state index is 11.3. The molecule has 0 aliphatic heterocycles. The minimum absolute atomic E-state index is 0.120. The maximum atomic E-state index is 11.3. The van der Waals surface area contributed by atoms with Crippen molar-refractivity contribution in [2.45, 2.75) is 19.8 Å². The van der Waals surface area contributed by atoms with Crippen LogP contribution in [0.4, 0.5) is 17.1 Å². The summed E-state index contributed by atoms with van der Waals surface area (Å²) in [6.45, 7) is 4.91. The highest BCUT2D eigenvalue weighted by Gasteiger charge is 2.18. The van der Waals surface area contributed by atoms with Gasteiger partial charge in [-0.3, -0.25) is 4.79 Å². The molecule has 194 valence electrons. The van der Waals surface area contributed by atoms with Crippen molar-refractivity contribution in [1.82, 2.24) is 0 Å². The zero-order chi connectivity index (χ0) is 26.7. The third kappa shape index (κ3) is 7.92. The van der Waals surface area contributed by atoms with Gasteiger partial charge in [0.15, 0.2) is 0 Å². The summed E-state index contributed by atoms with van der Waals surface area (Å²) in [6, 6.07) is 26.1. The van der Waals surface area contributed by atoms with Crippen molar-refractivity contribution in [3.63, 3.8) is 0 Å². The van der Waals surface area contributed by atoms with Crippen LogP contribution in [0.1, 0.15) is 36.5 Å². The summed E-state index contributed by atoms with van der Waals surface area (Å²) in [5.74, 6) is -0.393. The summed E-state index contributed by atoms with van der Waals surface area (Å²) < 4.78 is 5.09. The Hall–Kier alpha value is -3.18. The van der Waals surface area contributed by atoms with Gasteiger partial charge in [0.1, 0.15) is 12.5 Å². The minimum atomic E-state index is -0.395. The Kier molecular flexibility index (Phi) is 11.6. The van der Waals surface area contributed by atoms with E-state index in [1.54, 1.807) is 0 Å². The molecule has 0 fully saturated rings. The molecule has 0 N–H and O–H groups in total. The Morgan fingerprint density at radius 3 is 1.39 bits per heavy atom. The fourth-order valence-electron chi connectivity index (χ4n) is 3.89. The molecule has 0 aliphatic rings. The van der Waals surface area contributed by atoms with Gasteiger partial charge in [0.05, 0.1) is 6.54 Å². The van der Waals surface area contributed by atoms with E-state index in [2.05, 4.69) is 116 Å². The molecule has 0 spiro atoms. The molecule has 0 unspecified atom stereocenters. The second-order valence-corrected chi connectivity index (χ2v) is 9.04. The van der Waals surface area contributed by atoms with E-state index in [1.807, 2.05) is 20.9 Å². The zero-order valence-electron chi connectivity index (χ0n) is 22.7. The van der Waals surface area contributed by atoms with Crippen molar-refractivity contribution in [2.24, 2.45) is 0 Å². The van der Waals surface area contributed by atoms with E-state index in [9.17, 15) is 4.79 Å². The van der Waals surface area contributed by atoms with E-state index < -0.39 is 5.97 Å². The quantitative estimate of drug-likeness (QED) is 0.183. The molecular weight excluding hydrogens is 470 g/mol. The lowest BCUT2D eigenvalue weighted by Crippen LogP contribution is -2.24. The van der Waals surface area contributed by atoms with Crippen LogP contribution in [0.15, 0.2) is 72.8 Å². The predicted octanol–water partition coefficient (Wildman–Crippen LogP) is 6.24. The van der Waals surface area contributed by atoms with Gasteiger partial charge in [-0.15, -0.1) is 11.6 Å². The fraction of sp³-hybridized carbons (Fsp3) is 0.367. The molecule has 0 radical (unpaired) electrons. The first-order valence-electron chi connectivity index (χ1n) is 12.4. The number of likely N-dealkylation sites (N-methyl/N-ethyl adjacent to an activating group) is 1. The van der Waals surface area contributed by atoms with E-state index in [0.29, 0.717) is 13.2 Å². The Morgan fingerprint density at radius 1 is 0.694 bits per heavy atom. The number of carbonyl (C=O) groups is 1. The molecule has 0 bridgehead atoms. The van der Waals surface area contributed by atoms with Gasteiger partial charge in [0, 0.05) is 58.2 Å². The van der Waals surface area contributed by atoms with Crippen molar-refractivity contribution in [1.29, 1.82) is 0 Å². The van der Waals surface area contributed by atoms with Crippen LogP contribution in [0.3, 0.4) is 0 Å². The number of esters is 1. The van der Waals surface area contributed by atoms with E-state index in [4.69, 9.17) is 16.3 Å². The van der Waals surface area contributed by atoms with Crippen LogP contribution in [0, 0.1) is 0 Å². The van der Waals surface area contributed by atoms with Crippen LogP contribution in [0.5, 0.6) is 0 Å². The summed E-state index contributed by atoms with van der Waals surface area (Å²) in [7, 11) is 10.2. The van der Waals surface area contributed by atoms with Crippen molar-refractivity contribution >= 4 is 34.6 Å². The lowest BCUT2D eigenvalue weighted by Gasteiger charge is -2.23. The van der Waals surface area contributed by atoms with E-state index >= 15 is 0 Å². The number of hydrogen-bond donors (Lipinski definition) is 0. The first kappa shape index (κ1) is 29.1. The Balaban J connectivity index is 0.00000222. The summed E-state index contributed by atoms with van der Waals surface area (Å²) in [5.41, 5.74) is 7.14. The summed E-state index contributed by atoms with van der Waals surface area (Å²) >= 11 is 5.49. The summed E-state index contributed by atoms with van der Waals surface area (Å²) in [6.07, 6.45) is 0. The average Bonchev–Trinajstić information content (AvgIpc) is 2.90. The third-order valence-corrected chi connectivity index (χ3v) is 6.17. The van der Waals surface area contributed by atoms with Gasteiger partial charge in [0.2, 0.25) is 0 Å². The van der Waals surface area contributed by atoms with Gasteiger partial charge < -0.3 is 19.4 Å². The normalized spacial score (nSPS) is 10.4. The van der Waals surface area contributed by atoms with Gasteiger partial charge in [-0.1, -0.05) is 50.2 Å². The molecule has 0 aliphatic carbocycles. The first-order chi connectivity index (χ1) is 17.3. The molecule has 0 aromatic heterocycles. The Labute approximate surface area is 222 Å². The van der Waals surface area contributed by atoms with Crippen LogP contribution in [0.25, 0.3) is 0 Å². The largest absolute Gasteiger partial charge is 0.463 e. The molecule has 0 heterocycles. The van der Waals surface area contributed by atoms with E-state index in [0.717, 1.165) is 5.69 Å². The van der Waals surface area contributed by atoms with Crippen LogP contribution in [-0.4, -0.2) is 60.2 Å². The lowest BCUT2D eigenvalue weighted by molar-refractivity contribution is -0.140. The molecule has 0 saturated carbocycles. The summed E-state index contributed by atoms with van der Waals surface area (Å²) in [5, 5.41) is 0. The molecule has 0 atom stereocenters. The smallest absolute Gasteiger partial charge is 0.320 e. The molecule has 6 heteroatoms. The molecular formula is C30H40ClN3O2. The monoisotopic (exact) mass is 509 g/mol. The topological polar surface area (TPSA) is 36.0 Å². The number of halogens is 1. The average molecular weight is 510 g/mol. The maximum Gasteiger partial charge on any atom is 0.320 e. The molecule has 3 rings (SSSR count). The second-order valence-electron chi connectivity index (χ2n) is 8.77. The number of anilines is 3. The van der Waals surface area contributed by atoms with Crippen molar-refractivity contribution in [3.05, 3.63) is 89.5 Å². The van der Waals surface area contributed by atoms with E-state index in [-0.39, 0.29) is 11.8 Å². The molecule has 0 amide bonds. The highest BCUT2D eigenvalue weighted by atomic mass is 35.5. The van der Waals surface area contributed by atoms with Crippen LogP contribution >= 0.6 is 11.6 Å². The van der Waals surface area contributed by atoms with Crippen molar-refractivity contribution in [3.8, 4) is 0 Å². The third-order valence-electron chi connectivity index (χ3n) is 5.95. The van der Waals surface area contributed by atoms with Gasteiger partial charge in [-0.25, -0.2) is 0 Å². The summed E-state index contributed by atoms with van der Waals surface area (Å²) in [4.78, 5) is 17.5. The molecule has 3 aromatic rings. The Bertz CT molecular complexity index is 998. The fourth-order valence-corrected chi connectivity index (χ4v) is 3.97. The standard InChI is InChI=1S/C28H34ClN3O2.C2H6/c1-30(2)24-12-6-21(7-13-24)28(22-8-14-25(15-9-22)31(3)4)23-10-16-26(17-11-23)32(5)18-19-34-27(33)20-29;1-2/h6-17,28H,18-20H2,1-5H3;1-2H3. The van der Waals surface area contributed by atoms with Crippen LogP contribution in [-0.2, 0) is 9.53 Å². The number of alkyl halides is 1. The molecule has 36 heavy (non-hydrogen) atoms. The number of benzene rings is 3. The van der Waals surface area contributed by atoms with Crippen molar-refractivity contribution < 1.29 is 9.53 Å².